The molecule has 0 bridgehead atoms. The third-order valence-corrected chi connectivity index (χ3v) is 4.65. The van der Waals surface area contributed by atoms with Gasteiger partial charge in [-0.2, -0.15) is 0 Å². The average Bonchev–Trinajstić information content (AvgIpc) is 2.55. The molecule has 2 rings (SSSR count). The first-order chi connectivity index (χ1) is 11.1. The van der Waals surface area contributed by atoms with Gasteiger partial charge in [0.25, 0.3) is 0 Å². The molecule has 2 aromatic rings. The predicted octanol–water partition coefficient (Wildman–Crippen LogP) is 3.05. The monoisotopic (exact) mass is 331 g/mol. The minimum absolute atomic E-state index is 0.241. The molecule has 0 atom stereocenters. The lowest BCUT2D eigenvalue weighted by molar-refractivity contribution is 0.148. The van der Waals surface area contributed by atoms with Crippen LogP contribution in [0, 0.1) is 6.92 Å². The van der Waals surface area contributed by atoms with E-state index in [1.807, 2.05) is 37.3 Å². The number of benzene rings is 2. The maximum absolute atomic E-state index is 12.0. The Bertz CT molecular complexity index is 723. The van der Waals surface area contributed by atoms with Crippen LogP contribution >= 0.6 is 0 Å². The van der Waals surface area contributed by atoms with Crippen LogP contribution in [-0.2, 0) is 21.4 Å². The minimum atomic E-state index is -3.45. The van der Waals surface area contributed by atoms with E-state index in [0.717, 1.165) is 11.1 Å². The number of aryl methyl sites for hydroxylation is 1. The van der Waals surface area contributed by atoms with Crippen LogP contribution in [0.1, 0.15) is 11.1 Å². The van der Waals surface area contributed by atoms with Gasteiger partial charge < -0.3 is 4.74 Å². The van der Waals surface area contributed by atoms with Gasteiger partial charge in [-0.05, 0) is 24.6 Å². The van der Waals surface area contributed by atoms with Gasteiger partial charge in [-0.1, -0.05) is 60.2 Å². The second-order valence-electron chi connectivity index (χ2n) is 5.14. The molecule has 5 heteroatoms. The topological polar surface area (TPSA) is 55.4 Å². The summed E-state index contributed by atoms with van der Waals surface area (Å²) >= 11 is 0. The molecule has 0 spiro atoms. The molecule has 122 valence electrons. The van der Waals surface area contributed by atoms with Crippen molar-refractivity contribution in [3.05, 3.63) is 77.9 Å². The highest BCUT2D eigenvalue weighted by Crippen LogP contribution is 2.09. The van der Waals surface area contributed by atoms with Crippen LogP contribution in [-0.4, -0.2) is 21.6 Å². The molecule has 2 aromatic carbocycles. The number of ether oxygens (including phenoxy) is 1. The van der Waals surface area contributed by atoms with Gasteiger partial charge in [0.15, 0.2) is 0 Å². The Morgan fingerprint density at radius 2 is 1.70 bits per heavy atom. The van der Waals surface area contributed by atoms with Crippen LogP contribution in [0.15, 0.2) is 71.6 Å². The average molecular weight is 331 g/mol. The van der Waals surface area contributed by atoms with Gasteiger partial charge in [0.2, 0.25) is 10.0 Å². The number of rotatable bonds is 8. The van der Waals surface area contributed by atoms with E-state index in [1.165, 1.54) is 0 Å². The Morgan fingerprint density at radius 1 is 1.00 bits per heavy atom. The number of sulfonamides is 1. The van der Waals surface area contributed by atoms with Crippen LogP contribution in [0.2, 0.25) is 0 Å². The Kier molecular flexibility index (Phi) is 6.52. The molecule has 0 unspecified atom stereocenters. The first-order valence-corrected chi connectivity index (χ1v) is 8.89. The van der Waals surface area contributed by atoms with Crippen molar-refractivity contribution in [3.63, 3.8) is 0 Å². The van der Waals surface area contributed by atoms with Crippen molar-refractivity contribution >= 4 is 10.0 Å². The molecule has 0 saturated heterocycles. The van der Waals surface area contributed by atoms with E-state index >= 15 is 0 Å². The lowest BCUT2D eigenvalue weighted by Crippen LogP contribution is -2.23. The molecule has 23 heavy (non-hydrogen) atoms. The summed E-state index contributed by atoms with van der Waals surface area (Å²) in [5.74, 6) is 0. The fraction of sp³-hybridized carbons (Fsp3) is 0.222. The van der Waals surface area contributed by atoms with Crippen molar-refractivity contribution in [1.82, 2.24) is 4.72 Å². The van der Waals surface area contributed by atoms with Gasteiger partial charge in [0, 0.05) is 6.54 Å². The third kappa shape index (κ3) is 5.98. The molecule has 4 nitrogen and oxygen atoms in total. The zero-order chi connectivity index (χ0) is 16.5. The van der Waals surface area contributed by atoms with Gasteiger partial charge >= 0.3 is 0 Å². The van der Waals surface area contributed by atoms with Gasteiger partial charge in [-0.25, -0.2) is 13.1 Å². The largest absolute Gasteiger partial charge is 0.373 e. The molecule has 0 radical (unpaired) electrons. The number of nitrogens with one attached hydrogen (secondary N) is 1. The highest BCUT2D eigenvalue weighted by Gasteiger charge is 2.11. The van der Waals surface area contributed by atoms with Crippen LogP contribution < -0.4 is 4.72 Å². The molecule has 0 heterocycles. The Balaban J connectivity index is 1.70. The SMILES string of the molecule is Cc1ccc(S(=O)(=O)NC/C=C\COCc2ccccc2)cc1. The number of hydrogen-bond donors (Lipinski definition) is 1. The van der Waals surface area contributed by atoms with E-state index in [-0.39, 0.29) is 11.4 Å². The van der Waals surface area contributed by atoms with Crippen molar-refractivity contribution in [1.29, 1.82) is 0 Å². The predicted molar refractivity (Wildman–Crippen MR) is 91.6 cm³/mol. The van der Waals surface area contributed by atoms with Crippen LogP contribution in [0.25, 0.3) is 0 Å². The summed E-state index contributed by atoms with van der Waals surface area (Å²) in [5, 5.41) is 0. The lowest BCUT2D eigenvalue weighted by Gasteiger charge is -2.05. The highest BCUT2D eigenvalue weighted by atomic mass is 32.2. The molecule has 0 saturated carbocycles. The fourth-order valence-corrected chi connectivity index (χ4v) is 2.91. The quantitative estimate of drug-likeness (QED) is 0.597. The van der Waals surface area contributed by atoms with Crippen molar-refractivity contribution in [2.24, 2.45) is 0 Å². The van der Waals surface area contributed by atoms with Gasteiger partial charge in [-0.3, -0.25) is 0 Å². The van der Waals surface area contributed by atoms with Crippen molar-refractivity contribution in [2.45, 2.75) is 18.4 Å². The normalized spacial score (nSPS) is 11.9. The summed E-state index contributed by atoms with van der Waals surface area (Å²) in [6, 6.07) is 16.7. The van der Waals surface area contributed by atoms with E-state index in [4.69, 9.17) is 4.74 Å². The van der Waals surface area contributed by atoms with E-state index in [2.05, 4.69) is 4.72 Å². The smallest absolute Gasteiger partial charge is 0.240 e. The number of hydrogen-bond acceptors (Lipinski definition) is 3. The van der Waals surface area contributed by atoms with Gasteiger partial charge in [0.05, 0.1) is 18.1 Å². The Morgan fingerprint density at radius 3 is 2.39 bits per heavy atom. The van der Waals surface area contributed by atoms with Gasteiger partial charge in [0.1, 0.15) is 0 Å². The lowest BCUT2D eigenvalue weighted by atomic mass is 10.2. The standard InChI is InChI=1S/C18H21NO3S/c1-16-9-11-18(12-10-16)23(20,21)19-13-5-6-14-22-15-17-7-3-2-4-8-17/h2-12,19H,13-15H2,1H3/b6-5-. The van der Waals surface area contributed by atoms with Crippen LogP contribution in [0.3, 0.4) is 0 Å². The van der Waals surface area contributed by atoms with E-state index in [9.17, 15) is 8.42 Å². The molecule has 1 N–H and O–H groups in total. The molecule has 0 aliphatic carbocycles. The minimum Gasteiger partial charge on any atom is -0.373 e. The summed E-state index contributed by atoms with van der Waals surface area (Å²) in [6.45, 7) is 3.15. The van der Waals surface area contributed by atoms with Crippen molar-refractivity contribution in [3.8, 4) is 0 Å². The van der Waals surface area contributed by atoms with Crippen LogP contribution in [0.5, 0.6) is 0 Å². The first-order valence-electron chi connectivity index (χ1n) is 7.41. The summed E-state index contributed by atoms with van der Waals surface area (Å²) in [4.78, 5) is 0.275. The molecular weight excluding hydrogens is 310 g/mol. The van der Waals surface area contributed by atoms with E-state index in [0.29, 0.717) is 13.2 Å². The zero-order valence-corrected chi connectivity index (χ0v) is 13.9. The highest BCUT2D eigenvalue weighted by molar-refractivity contribution is 7.89. The van der Waals surface area contributed by atoms with Crippen molar-refractivity contribution < 1.29 is 13.2 Å². The molecular formula is C18H21NO3S. The molecule has 0 aliphatic rings. The summed E-state index contributed by atoms with van der Waals surface area (Å²) in [7, 11) is -3.45. The molecule has 0 amide bonds. The second-order valence-corrected chi connectivity index (χ2v) is 6.90. The summed E-state index contributed by atoms with van der Waals surface area (Å²) in [6.07, 6.45) is 3.55. The zero-order valence-electron chi connectivity index (χ0n) is 13.1. The van der Waals surface area contributed by atoms with E-state index < -0.39 is 10.0 Å². The molecule has 0 aliphatic heterocycles. The van der Waals surface area contributed by atoms with Crippen molar-refractivity contribution in [2.75, 3.05) is 13.2 Å². The van der Waals surface area contributed by atoms with E-state index in [1.54, 1.807) is 36.4 Å². The second kappa shape index (κ2) is 8.62. The summed E-state index contributed by atoms with van der Waals surface area (Å²) in [5.41, 5.74) is 2.14. The maximum Gasteiger partial charge on any atom is 0.240 e. The first kappa shape index (κ1) is 17.4. The third-order valence-electron chi connectivity index (χ3n) is 3.21. The maximum atomic E-state index is 12.0. The fourth-order valence-electron chi connectivity index (χ4n) is 1.93. The Labute approximate surface area is 137 Å². The molecule has 0 fully saturated rings. The molecule has 0 aromatic heterocycles. The van der Waals surface area contributed by atoms with Gasteiger partial charge in [-0.15, -0.1) is 0 Å². The van der Waals surface area contributed by atoms with Crippen LogP contribution in [0.4, 0.5) is 0 Å². The summed E-state index contributed by atoms with van der Waals surface area (Å²) < 4.78 is 32.1. The Hall–Kier alpha value is -1.95.